The highest BCUT2D eigenvalue weighted by molar-refractivity contribution is 7.64. The summed E-state index contributed by atoms with van der Waals surface area (Å²) in [6.07, 6.45) is 0. The Kier molecular flexibility index (Phi) is 7.97. The van der Waals surface area contributed by atoms with Gasteiger partial charge in [0, 0.05) is 46.5 Å². The molecule has 8 aromatic carbocycles. The highest BCUT2D eigenvalue weighted by Crippen LogP contribution is 2.69. The molecule has 2 aliphatic heterocycles. The Labute approximate surface area is 335 Å². The normalized spacial score (nSPS) is 14.7. The molecule has 0 radical (unpaired) electrons. The van der Waals surface area contributed by atoms with E-state index in [2.05, 4.69) is 4.52 Å². The van der Waals surface area contributed by atoms with Crippen molar-refractivity contribution in [3.8, 4) is 45.3 Å². The van der Waals surface area contributed by atoms with Crippen LogP contribution in [0.25, 0.3) is 65.3 Å². The van der Waals surface area contributed by atoms with Gasteiger partial charge in [0.15, 0.2) is 0 Å². The molecule has 0 aromatic heterocycles. The number of aryl methyl sites for hydroxylation is 4. The van der Waals surface area contributed by atoms with Crippen LogP contribution in [0.3, 0.4) is 0 Å². The van der Waals surface area contributed by atoms with Gasteiger partial charge in [-0.05, 0) is 129 Å². The first-order valence-electron chi connectivity index (χ1n) is 18.4. The summed E-state index contributed by atoms with van der Waals surface area (Å²) >= 11 is 0. The molecule has 292 valence electrons. The van der Waals surface area contributed by atoms with E-state index in [9.17, 15) is 25.1 Å². The van der Waals surface area contributed by atoms with Gasteiger partial charge in [-0.1, -0.05) is 53.0 Å². The minimum atomic E-state index is -4.93. The van der Waals surface area contributed by atoms with E-state index in [0.29, 0.717) is 66.1 Å². The highest BCUT2D eigenvalue weighted by atomic mass is 31.2. The minimum absolute atomic E-state index is 0.0639. The van der Waals surface area contributed by atoms with Crippen molar-refractivity contribution >= 4 is 69.9 Å². The first-order chi connectivity index (χ1) is 28.2. The van der Waals surface area contributed by atoms with Crippen LogP contribution in [0.4, 0.5) is 11.4 Å². The van der Waals surface area contributed by atoms with Crippen molar-refractivity contribution in [1.82, 2.24) is 0 Å². The Hall–Kier alpha value is -6.78. The molecule has 0 spiro atoms. The van der Waals surface area contributed by atoms with Crippen molar-refractivity contribution in [1.29, 1.82) is 0 Å². The van der Waals surface area contributed by atoms with Gasteiger partial charge in [0.2, 0.25) is 0 Å². The van der Waals surface area contributed by atoms with Crippen molar-refractivity contribution in [2.75, 3.05) is 0 Å². The predicted molar refractivity (Wildman–Crippen MR) is 228 cm³/mol. The number of nitro groups is 2. The van der Waals surface area contributed by atoms with Crippen LogP contribution < -0.4 is 18.1 Å². The Bertz CT molecular complexity index is 3150. The van der Waals surface area contributed by atoms with E-state index in [4.69, 9.17) is 18.1 Å². The van der Waals surface area contributed by atoms with Crippen LogP contribution in [0.1, 0.15) is 22.3 Å². The van der Waals surface area contributed by atoms with Gasteiger partial charge in [-0.15, -0.1) is 0 Å². The van der Waals surface area contributed by atoms with Crippen LogP contribution in [-0.2, 0) is 4.57 Å². The minimum Gasteiger partial charge on any atom is -0.409 e. The average Bonchev–Trinajstić information content (AvgIpc) is 3.42. The summed E-state index contributed by atoms with van der Waals surface area (Å²) in [6, 6.07) is 31.5. The van der Waals surface area contributed by atoms with Crippen LogP contribution in [0.5, 0.6) is 23.0 Å². The molecule has 15 heteroatoms. The standard InChI is InChI=1S/C44H31N3O10P2/c1-23-17-27-9-5-7-11-33(27)37-38-34-12-8-6-10-28(34)18-24(2)42(38)55-58(52,54-41(23)37)45-59(53)56-43-25(3)19-29-21-31(46(48)49)13-15-35(29)39(43)40-36-16-14-32(47(50)51)22-30(36)20-26(4)44(40)57-59/h5-22,52H,1-4H3. The number of rotatable bonds is 3. The van der Waals surface area contributed by atoms with Gasteiger partial charge < -0.3 is 18.1 Å². The maximum atomic E-state index is 15.6. The predicted octanol–water partition coefficient (Wildman–Crippen LogP) is 13.0. The van der Waals surface area contributed by atoms with Gasteiger partial charge >= 0.3 is 15.5 Å². The van der Waals surface area contributed by atoms with E-state index in [1.807, 2.05) is 74.5 Å². The SMILES string of the molecule is Cc1cc2cc([N+](=O)[O-])ccc2c2c1OP(=O)(N=P1(O)Oc3c(C)cc4ccccc4c3-c3c(c(C)cc4ccccc34)O1)Oc1c(C)cc3cc([N+](=O)[O-])ccc3c1-2. The molecule has 0 unspecified atom stereocenters. The molecule has 0 saturated heterocycles. The van der Waals surface area contributed by atoms with Gasteiger partial charge in [0.25, 0.3) is 11.4 Å². The van der Waals surface area contributed by atoms with Gasteiger partial charge in [-0.25, -0.2) is 4.57 Å². The van der Waals surface area contributed by atoms with E-state index >= 15 is 4.57 Å². The van der Waals surface area contributed by atoms with Crippen LogP contribution >= 0.6 is 15.5 Å². The fourth-order valence-electron chi connectivity index (χ4n) is 8.38. The molecule has 8 aromatic rings. The molecule has 59 heavy (non-hydrogen) atoms. The van der Waals surface area contributed by atoms with Crippen LogP contribution in [0.15, 0.2) is 114 Å². The third-order valence-electron chi connectivity index (χ3n) is 10.9. The maximum absolute atomic E-state index is 15.6. The van der Waals surface area contributed by atoms with E-state index < -0.39 is 25.3 Å². The van der Waals surface area contributed by atoms with Gasteiger partial charge in [0.1, 0.15) is 23.0 Å². The molecule has 2 heterocycles. The lowest BCUT2D eigenvalue weighted by molar-refractivity contribution is -0.384. The largest absolute Gasteiger partial charge is 0.569 e. The Balaban J connectivity index is 1.27. The second kappa shape index (κ2) is 12.9. The van der Waals surface area contributed by atoms with Crippen LogP contribution in [-0.4, -0.2) is 14.7 Å². The van der Waals surface area contributed by atoms with E-state index in [0.717, 1.165) is 21.5 Å². The van der Waals surface area contributed by atoms with E-state index in [1.54, 1.807) is 38.1 Å². The van der Waals surface area contributed by atoms with Crippen LogP contribution in [0, 0.1) is 47.9 Å². The smallest absolute Gasteiger partial charge is 0.409 e. The third kappa shape index (κ3) is 5.73. The van der Waals surface area contributed by atoms with Gasteiger partial charge in [0.05, 0.1) is 9.85 Å². The summed E-state index contributed by atoms with van der Waals surface area (Å²) in [6.45, 7) is 7.08. The molecule has 0 aliphatic carbocycles. The first-order valence-corrected chi connectivity index (χ1v) is 21.5. The lowest BCUT2D eigenvalue weighted by atomic mass is 9.89. The van der Waals surface area contributed by atoms with E-state index in [1.165, 1.54) is 24.3 Å². The lowest BCUT2D eigenvalue weighted by Crippen LogP contribution is -2.05. The Morgan fingerprint density at radius 2 is 0.831 bits per heavy atom. The van der Waals surface area contributed by atoms with Crippen molar-refractivity contribution < 1.29 is 37.4 Å². The average molecular weight is 824 g/mol. The number of non-ortho nitro benzene ring substituents is 2. The highest BCUT2D eigenvalue weighted by Gasteiger charge is 2.44. The Morgan fingerprint density at radius 1 is 0.492 bits per heavy atom. The first kappa shape index (κ1) is 36.6. The Morgan fingerprint density at radius 3 is 1.22 bits per heavy atom. The summed E-state index contributed by atoms with van der Waals surface area (Å²) in [5, 5.41) is 29.2. The molecule has 0 saturated carbocycles. The molecule has 0 atom stereocenters. The zero-order valence-corrected chi connectivity index (χ0v) is 33.5. The summed E-state index contributed by atoms with van der Waals surface area (Å²) < 4.78 is 46.0. The molecule has 1 N–H and O–H groups in total. The summed E-state index contributed by atoms with van der Waals surface area (Å²) in [5.41, 5.74) is 3.97. The molecular weight excluding hydrogens is 792 g/mol. The molecule has 0 fully saturated rings. The number of nitro benzene ring substituents is 2. The molecular formula is C44H31N3O10P2. The van der Waals surface area contributed by atoms with Crippen LogP contribution in [0.2, 0.25) is 0 Å². The lowest BCUT2D eigenvalue weighted by Gasteiger charge is -2.22. The fourth-order valence-corrected chi connectivity index (χ4v) is 12.0. The zero-order chi connectivity index (χ0) is 41.1. The summed E-state index contributed by atoms with van der Waals surface area (Å²) in [4.78, 5) is 35.4. The van der Waals surface area contributed by atoms with E-state index in [-0.39, 0.29) is 34.4 Å². The maximum Gasteiger partial charge on any atom is 0.569 e. The molecule has 0 amide bonds. The number of fused-ring (bicyclic) bond motifs is 14. The van der Waals surface area contributed by atoms with Crippen molar-refractivity contribution in [2.45, 2.75) is 27.7 Å². The zero-order valence-electron chi connectivity index (χ0n) is 31.7. The topological polar surface area (TPSA) is 173 Å². The number of hydrogen-bond donors (Lipinski definition) is 1. The second-order valence-corrected chi connectivity index (χ2v) is 18.1. The van der Waals surface area contributed by atoms with Crippen molar-refractivity contribution in [3.63, 3.8) is 0 Å². The number of nitrogens with zero attached hydrogens (tertiary/aromatic N) is 3. The van der Waals surface area contributed by atoms with Crippen molar-refractivity contribution in [3.05, 3.63) is 152 Å². The monoisotopic (exact) mass is 823 g/mol. The number of benzene rings is 8. The molecule has 2 aliphatic rings. The van der Waals surface area contributed by atoms with Gasteiger partial charge in [-0.3, -0.25) is 25.1 Å². The van der Waals surface area contributed by atoms with Gasteiger partial charge in [-0.2, -0.15) is 0 Å². The second-order valence-electron chi connectivity index (χ2n) is 14.8. The molecule has 10 rings (SSSR count). The molecule has 13 nitrogen and oxygen atoms in total. The third-order valence-corrected chi connectivity index (χ3v) is 14.3. The quantitative estimate of drug-likeness (QED) is 0.103. The summed E-state index contributed by atoms with van der Waals surface area (Å²) in [7, 11) is -9.59. The number of hydrogen-bond acceptors (Lipinski definition) is 9. The molecule has 0 bridgehead atoms. The van der Waals surface area contributed by atoms with Crippen molar-refractivity contribution in [2.24, 2.45) is 4.52 Å². The fraction of sp³-hybridized carbons (Fsp3) is 0.0909. The summed E-state index contributed by atoms with van der Waals surface area (Å²) in [5.74, 6) is 0.697.